The number of benzene rings is 2. The van der Waals surface area contributed by atoms with Crippen LogP contribution in [0.4, 0.5) is 5.82 Å². The summed E-state index contributed by atoms with van der Waals surface area (Å²) < 4.78 is 7.03. The Morgan fingerprint density at radius 3 is 2.35 bits per heavy atom. The lowest BCUT2D eigenvalue weighted by molar-refractivity contribution is -0.124. The van der Waals surface area contributed by atoms with Gasteiger partial charge in [-0.25, -0.2) is 9.48 Å². The summed E-state index contributed by atoms with van der Waals surface area (Å²) in [6, 6.07) is 18.3. The number of nitrogens with zero attached hydrogens (tertiary/aromatic N) is 3. The third-order valence-electron chi connectivity index (χ3n) is 6.89. The molecule has 6 nitrogen and oxygen atoms in total. The number of rotatable bonds is 9. The van der Waals surface area contributed by atoms with E-state index in [0.29, 0.717) is 17.3 Å². The fourth-order valence-electron chi connectivity index (χ4n) is 4.76. The molecule has 0 bridgehead atoms. The summed E-state index contributed by atoms with van der Waals surface area (Å²) in [7, 11) is 0. The molecule has 1 heterocycles. The zero-order valence-electron chi connectivity index (χ0n) is 22.2. The number of esters is 1. The summed E-state index contributed by atoms with van der Waals surface area (Å²) in [6.07, 6.45) is 5.54. The first-order valence-corrected chi connectivity index (χ1v) is 14.2. The average molecular weight is 520 g/mol. The lowest BCUT2D eigenvalue weighted by Crippen LogP contribution is -2.43. The minimum atomic E-state index is -0.463. The van der Waals surface area contributed by atoms with Crippen molar-refractivity contribution in [2.45, 2.75) is 70.1 Å². The molecule has 0 N–H and O–H groups in total. The maximum Gasteiger partial charge on any atom is 0.343 e. The first-order valence-electron chi connectivity index (χ1n) is 13.2. The summed E-state index contributed by atoms with van der Waals surface area (Å²) >= 11 is 1.79. The van der Waals surface area contributed by atoms with Gasteiger partial charge in [0.15, 0.2) is 5.82 Å². The van der Waals surface area contributed by atoms with Crippen LogP contribution < -0.4 is 4.90 Å². The van der Waals surface area contributed by atoms with Crippen molar-refractivity contribution in [2.24, 2.45) is 11.8 Å². The van der Waals surface area contributed by atoms with Crippen LogP contribution in [-0.4, -0.2) is 34.3 Å². The average Bonchev–Trinajstić information content (AvgIpc) is 3.33. The molecule has 37 heavy (non-hydrogen) atoms. The molecule has 1 aliphatic carbocycles. The van der Waals surface area contributed by atoms with Gasteiger partial charge in [-0.05, 0) is 82.2 Å². The van der Waals surface area contributed by atoms with Gasteiger partial charge < -0.3 is 4.74 Å². The Morgan fingerprint density at radius 2 is 1.73 bits per heavy atom. The van der Waals surface area contributed by atoms with Crippen molar-refractivity contribution in [1.82, 2.24) is 9.78 Å². The molecule has 0 spiro atoms. The van der Waals surface area contributed by atoms with Crippen molar-refractivity contribution < 1.29 is 14.3 Å². The first kappa shape index (κ1) is 27.0. The maximum absolute atomic E-state index is 13.7. The smallest absolute Gasteiger partial charge is 0.343 e. The number of aromatic nitrogens is 2. The second-order valence-electron chi connectivity index (χ2n) is 10.1. The minimum absolute atomic E-state index is 0.0415. The van der Waals surface area contributed by atoms with E-state index in [1.54, 1.807) is 34.5 Å². The Balaban J connectivity index is 1.60. The van der Waals surface area contributed by atoms with E-state index in [2.05, 4.69) is 31.2 Å². The van der Waals surface area contributed by atoms with E-state index in [-0.39, 0.29) is 24.5 Å². The molecular formula is C30H37N3O3S. The van der Waals surface area contributed by atoms with Crippen LogP contribution in [-0.2, 0) is 15.3 Å². The predicted molar refractivity (Wildman–Crippen MR) is 149 cm³/mol. The van der Waals surface area contributed by atoms with E-state index in [1.807, 2.05) is 44.2 Å². The molecule has 3 aromatic rings. The Hall–Kier alpha value is -3.06. The molecule has 1 amide bonds. The summed E-state index contributed by atoms with van der Waals surface area (Å²) in [6.45, 7) is 8.22. The van der Waals surface area contributed by atoms with Crippen LogP contribution in [0.15, 0.2) is 65.7 Å². The van der Waals surface area contributed by atoms with Crippen LogP contribution in [0.2, 0.25) is 0 Å². The van der Waals surface area contributed by atoms with E-state index in [4.69, 9.17) is 9.84 Å². The highest BCUT2D eigenvalue weighted by molar-refractivity contribution is 7.98. The second kappa shape index (κ2) is 12.5. The van der Waals surface area contributed by atoms with Crippen molar-refractivity contribution >= 4 is 29.5 Å². The first-order chi connectivity index (χ1) is 17.9. The van der Waals surface area contributed by atoms with Gasteiger partial charge in [0.05, 0.1) is 12.3 Å². The molecule has 0 saturated heterocycles. The number of hydrogen-bond donors (Lipinski definition) is 0. The Labute approximate surface area is 224 Å². The van der Waals surface area contributed by atoms with Gasteiger partial charge in [0.1, 0.15) is 5.56 Å². The summed E-state index contributed by atoms with van der Waals surface area (Å²) in [5.74, 6) is 1.43. The van der Waals surface area contributed by atoms with Crippen LogP contribution >= 0.6 is 11.8 Å². The van der Waals surface area contributed by atoms with Crippen molar-refractivity contribution in [2.75, 3.05) is 11.5 Å². The molecule has 2 aromatic carbocycles. The number of ether oxygens (including phenoxy) is 1. The van der Waals surface area contributed by atoms with Gasteiger partial charge in [-0.1, -0.05) is 37.3 Å². The zero-order valence-corrected chi connectivity index (χ0v) is 23.0. The quantitative estimate of drug-likeness (QED) is 0.227. The van der Waals surface area contributed by atoms with E-state index in [1.165, 1.54) is 10.5 Å². The number of anilines is 1. The third kappa shape index (κ3) is 6.63. The van der Waals surface area contributed by atoms with Crippen LogP contribution in [0, 0.1) is 11.8 Å². The minimum Gasteiger partial charge on any atom is -0.462 e. The Bertz CT molecular complexity index is 1180. The lowest BCUT2D eigenvalue weighted by Gasteiger charge is -2.32. The van der Waals surface area contributed by atoms with Gasteiger partial charge >= 0.3 is 5.97 Å². The van der Waals surface area contributed by atoms with Gasteiger partial charge in [-0.3, -0.25) is 9.69 Å². The largest absolute Gasteiger partial charge is 0.462 e. The van der Waals surface area contributed by atoms with Gasteiger partial charge in [0.25, 0.3) is 0 Å². The summed E-state index contributed by atoms with van der Waals surface area (Å²) in [5.41, 5.74) is 2.34. The molecular weight excluding hydrogens is 482 g/mol. The highest BCUT2D eigenvalue weighted by Crippen LogP contribution is 2.33. The van der Waals surface area contributed by atoms with E-state index in [0.717, 1.165) is 37.1 Å². The van der Waals surface area contributed by atoms with Crippen LogP contribution in [0.3, 0.4) is 0 Å². The lowest BCUT2D eigenvalue weighted by atomic mass is 9.82. The number of carbonyl (C=O) groups is 2. The van der Waals surface area contributed by atoms with Crippen molar-refractivity contribution in [3.8, 4) is 5.69 Å². The number of amides is 1. The zero-order chi connectivity index (χ0) is 26.4. The highest BCUT2D eigenvalue weighted by Gasteiger charge is 2.34. The fourth-order valence-corrected chi connectivity index (χ4v) is 5.64. The van der Waals surface area contributed by atoms with Gasteiger partial charge in [-0.15, -0.1) is 16.9 Å². The normalized spacial score (nSPS) is 17.5. The van der Waals surface area contributed by atoms with Gasteiger partial charge in [-0.2, -0.15) is 0 Å². The molecule has 7 heteroatoms. The number of carbonyl (C=O) groups excluding carboxylic acids is 2. The molecule has 196 valence electrons. The van der Waals surface area contributed by atoms with E-state index in [9.17, 15) is 9.59 Å². The van der Waals surface area contributed by atoms with Crippen molar-refractivity contribution in [3.05, 3.63) is 71.9 Å². The molecule has 0 aliphatic heterocycles. The SMILES string of the molecule is CCOC(=O)c1cn(-c2ccc(CSc3ccccc3)cc2)nc1N(C(=O)[C@H]1CC[C@H](C)CC1)C(C)C. The molecule has 1 aliphatic rings. The molecule has 1 fully saturated rings. The monoisotopic (exact) mass is 519 g/mol. The molecule has 1 saturated carbocycles. The number of thioether (sulfide) groups is 1. The third-order valence-corrected chi connectivity index (χ3v) is 7.97. The van der Waals surface area contributed by atoms with Gasteiger partial charge in [0.2, 0.25) is 5.91 Å². The van der Waals surface area contributed by atoms with Crippen LogP contribution in [0.25, 0.3) is 5.69 Å². The molecule has 1 aromatic heterocycles. The second-order valence-corrected chi connectivity index (χ2v) is 11.1. The molecule has 0 atom stereocenters. The standard InChI is InChI=1S/C30H37N3O3S/c1-5-36-30(35)27-19-32(25-17-13-23(14-18-25)20-37-26-9-7-6-8-10-26)31-28(27)33(21(2)3)29(34)24-15-11-22(4)12-16-24/h6-10,13-14,17-19,21-22,24H,5,11-12,15-16,20H2,1-4H3/t22-,24-. The molecule has 4 rings (SSSR count). The van der Waals surface area contributed by atoms with Crippen molar-refractivity contribution in [1.29, 1.82) is 0 Å². The molecule has 0 unspecified atom stereocenters. The van der Waals surface area contributed by atoms with Crippen LogP contribution in [0.5, 0.6) is 0 Å². The van der Waals surface area contributed by atoms with E-state index < -0.39 is 5.97 Å². The topological polar surface area (TPSA) is 64.4 Å². The van der Waals surface area contributed by atoms with E-state index >= 15 is 0 Å². The maximum atomic E-state index is 13.7. The Morgan fingerprint density at radius 1 is 1.05 bits per heavy atom. The van der Waals surface area contributed by atoms with Crippen LogP contribution in [0.1, 0.15) is 69.3 Å². The number of hydrogen-bond acceptors (Lipinski definition) is 5. The Kier molecular flexibility index (Phi) is 9.09. The molecule has 0 radical (unpaired) electrons. The summed E-state index contributed by atoms with van der Waals surface area (Å²) in [4.78, 5) is 29.6. The van der Waals surface area contributed by atoms with Gasteiger partial charge in [0, 0.05) is 28.8 Å². The summed E-state index contributed by atoms with van der Waals surface area (Å²) in [5, 5.41) is 4.78. The van der Waals surface area contributed by atoms with Crippen molar-refractivity contribution in [3.63, 3.8) is 0 Å². The highest BCUT2D eigenvalue weighted by atomic mass is 32.2. The predicted octanol–water partition coefficient (Wildman–Crippen LogP) is 6.91. The fraction of sp³-hybridized carbons (Fsp3) is 0.433.